The lowest BCUT2D eigenvalue weighted by molar-refractivity contribution is 0.0946. The number of rotatable bonds is 7. The summed E-state index contributed by atoms with van der Waals surface area (Å²) in [5, 5.41) is 5.93. The van der Waals surface area contributed by atoms with Gasteiger partial charge < -0.3 is 24.8 Å². The van der Waals surface area contributed by atoms with Gasteiger partial charge in [0.05, 0.1) is 6.61 Å². The van der Waals surface area contributed by atoms with Crippen molar-refractivity contribution in [1.82, 2.24) is 15.3 Å². The van der Waals surface area contributed by atoms with E-state index >= 15 is 0 Å². The van der Waals surface area contributed by atoms with Crippen LogP contribution in [0, 0.1) is 0 Å². The van der Waals surface area contributed by atoms with Gasteiger partial charge >= 0.3 is 0 Å². The smallest absolute Gasteiger partial charge is 0.270 e. The summed E-state index contributed by atoms with van der Waals surface area (Å²) in [5.41, 5.74) is 1.98. The molecule has 0 atom stereocenters. The number of nitrogens with zero attached hydrogens (tertiary/aromatic N) is 2. The number of hydrogen-bond donors (Lipinski definition) is 2. The first kappa shape index (κ1) is 18.5. The SMILES string of the molecule is CCOc1ccc(Nc2nccc(C(=O)NCc3ccc4c(c3)OCO4)n2)cc1. The molecule has 0 unspecified atom stereocenters. The molecule has 8 nitrogen and oxygen atoms in total. The van der Waals surface area contributed by atoms with E-state index in [1.807, 2.05) is 49.4 Å². The molecule has 2 N–H and O–H groups in total. The van der Waals surface area contributed by atoms with E-state index in [0.717, 1.165) is 17.0 Å². The summed E-state index contributed by atoms with van der Waals surface area (Å²) in [6.07, 6.45) is 1.54. The highest BCUT2D eigenvalue weighted by molar-refractivity contribution is 5.92. The summed E-state index contributed by atoms with van der Waals surface area (Å²) in [7, 11) is 0. The van der Waals surface area contributed by atoms with Crippen molar-refractivity contribution in [3.8, 4) is 17.2 Å². The van der Waals surface area contributed by atoms with Crippen molar-refractivity contribution in [3.05, 3.63) is 66.0 Å². The molecular formula is C21H20N4O4. The number of carbonyl (C=O) groups excluding carboxylic acids is 1. The number of benzene rings is 2. The van der Waals surface area contributed by atoms with Gasteiger partial charge in [-0.25, -0.2) is 9.97 Å². The van der Waals surface area contributed by atoms with Crippen molar-refractivity contribution < 1.29 is 19.0 Å². The van der Waals surface area contributed by atoms with E-state index in [1.54, 1.807) is 12.3 Å². The normalized spacial score (nSPS) is 11.8. The van der Waals surface area contributed by atoms with Crippen LogP contribution in [0.2, 0.25) is 0 Å². The number of hydrogen-bond acceptors (Lipinski definition) is 7. The maximum atomic E-state index is 12.5. The van der Waals surface area contributed by atoms with Crippen LogP contribution in [-0.2, 0) is 6.54 Å². The van der Waals surface area contributed by atoms with Crippen LogP contribution in [0.1, 0.15) is 23.0 Å². The molecule has 0 saturated heterocycles. The lowest BCUT2D eigenvalue weighted by atomic mass is 10.2. The number of nitrogens with one attached hydrogen (secondary N) is 2. The molecule has 2 aromatic carbocycles. The van der Waals surface area contributed by atoms with Gasteiger partial charge in [0.2, 0.25) is 12.7 Å². The van der Waals surface area contributed by atoms with Gasteiger partial charge in [0.1, 0.15) is 11.4 Å². The summed E-state index contributed by atoms with van der Waals surface area (Å²) in [6.45, 7) is 3.11. The molecule has 29 heavy (non-hydrogen) atoms. The molecule has 1 aliphatic rings. The molecule has 0 spiro atoms. The Balaban J connectivity index is 1.38. The molecule has 0 radical (unpaired) electrons. The van der Waals surface area contributed by atoms with Crippen LogP contribution in [0.15, 0.2) is 54.7 Å². The fourth-order valence-corrected chi connectivity index (χ4v) is 2.80. The Labute approximate surface area is 167 Å². The van der Waals surface area contributed by atoms with E-state index in [0.29, 0.717) is 30.6 Å². The zero-order valence-corrected chi connectivity index (χ0v) is 15.8. The molecular weight excluding hydrogens is 372 g/mol. The Morgan fingerprint density at radius 2 is 1.93 bits per heavy atom. The van der Waals surface area contributed by atoms with Gasteiger partial charge in [-0.15, -0.1) is 0 Å². The molecule has 0 bridgehead atoms. The monoisotopic (exact) mass is 392 g/mol. The summed E-state index contributed by atoms with van der Waals surface area (Å²) >= 11 is 0. The second kappa shape index (κ2) is 8.47. The van der Waals surface area contributed by atoms with Gasteiger partial charge in [0.15, 0.2) is 11.5 Å². The van der Waals surface area contributed by atoms with Crippen molar-refractivity contribution in [3.63, 3.8) is 0 Å². The fourth-order valence-electron chi connectivity index (χ4n) is 2.80. The van der Waals surface area contributed by atoms with Gasteiger partial charge in [-0.05, 0) is 55.0 Å². The van der Waals surface area contributed by atoms with E-state index in [1.165, 1.54) is 0 Å². The second-order valence-electron chi connectivity index (χ2n) is 6.22. The molecule has 0 aliphatic carbocycles. The molecule has 2 heterocycles. The lowest BCUT2D eigenvalue weighted by Gasteiger charge is -2.09. The Hall–Kier alpha value is -3.81. The summed E-state index contributed by atoms with van der Waals surface area (Å²) < 4.78 is 16.1. The minimum atomic E-state index is -0.292. The molecule has 8 heteroatoms. The zero-order valence-electron chi connectivity index (χ0n) is 15.8. The minimum absolute atomic E-state index is 0.218. The van der Waals surface area contributed by atoms with E-state index in [-0.39, 0.29) is 18.4 Å². The fraction of sp³-hybridized carbons (Fsp3) is 0.190. The van der Waals surface area contributed by atoms with Crippen LogP contribution in [0.4, 0.5) is 11.6 Å². The predicted octanol–water partition coefficient (Wildman–Crippen LogP) is 3.28. The first-order chi connectivity index (χ1) is 14.2. The van der Waals surface area contributed by atoms with Crippen LogP contribution < -0.4 is 24.8 Å². The Bertz CT molecular complexity index is 1010. The average Bonchev–Trinajstić information content (AvgIpc) is 3.22. The van der Waals surface area contributed by atoms with E-state index in [9.17, 15) is 4.79 Å². The number of ether oxygens (including phenoxy) is 3. The van der Waals surface area contributed by atoms with Crippen LogP contribution in [0.25, 0.3) is 0 Å². The quantitative estimate of drug-likeness (QED) is 0.637. The Morgan fingerprint density at radius 3 is 2.76 bits per heavy atom. The Kier molecular flexibility index (Phi) is 5.42. The van der Waals surface area contributed by atoms with Crippen LogP contribution in [0.5, 0.6) is 17.2 Å². The van der Waals surface area contributed by atoms with Crippen molar-refractivity contribution in [2.45, 2.75) is 13.5 Å². The Morgan fingerprint density at radius 1 is 1.10 bits per heavy atom. The number of amides is 1. The number of fused-ring (bicyclic) bond motifs is 1. The van der Waals surface area contributed by atoms with Crippen LogP contribution in [0.3, 0.4) is 0 Å². The van der Waals surface area contributed by atoms with Crippen LogP contribution >= 0.6 is 0 Å². The van der Waals surface area contributed by atoms with Gasteiger partial charge in [-0.1, -0.05) is 6.07 Å². The highest BCUT2D eigenvalue weighted by atomic mass is 16.7. The number of aromatic nitrogens is 2. The minimum Gasteiger partial charge on any atom is -0.494 e. The number of anilines is 2. The van der Waals surface area contributed by atoms with Gasteiger partial charge in [0, 0.05) is 18.4 Å². The van der Waals surface area contributed by atoms with Crippen molar-refractivity contribution in [2.24, 2.45) is 0 Å². The first-order valence-electron chi connectivity index (χ1n) is 9.21. The summed E-state index contributed by atoms with van der Waals surface area (Å²) in [5.74, 6) is 2.22. The maximum absolute atomic E-state index is 12.5. The second-order valence-corrected chi connectivity index (χ2v) is 6.22. The van der Waals surface area contributed by atoms with Crippen molar-refractivity contribution >= 4 is 17.5 Å². The molecule has 0 saturated carbocycles. The third-order valence-electron chi connectivity index (χ3n) is 4.20. The van der Waals surface area contributed by atoms with Gasteiger partial charge in [-0.3, -0.25) is 4.79 Å². The molecule has 1 aliphatic heterocycles. The molecule has 4 rings (SSSR count). The third-order valence-corrected chi connectivity index (χ3v) is 4.20. The average molecular weight is 392 g/mol. The van der Waals surface area contributed by atoms with Gasteiger partial charge in [0.25, 0.3) is 5.91 Å². The molecule has 148 valence electrons. The predicted molar refractivity (Wildman–Crippen MR) is 107 cm³/mol. The molecule has 1 amide bonds. The highest BCUT2D eigenvalue weighted by Crippen LogP contribution is 2.32. The molecule has 3 aromatic rings. The first-order valence-corrected chi connectivity index (χ1v) is 9.21. The van der Waals surface area contributed by atoms with Crippen molar-refractivity contribution in [1.29, 1.82) is 0 Å². The summed E-state index contributed by atoms with van der Waals surface area (Å²) in [6, 6.07) is 14.6. The third kappa shape index (κ3) is 4.55. The highest BCUT2D eigenvalue weighted by Gasteiger charge is 2.14. The summed E-state index contributed by atoms with van der Waals surface area (Å²) in [4.78, 5) is 20.9. The van der Waals surface area contributed by atoms with Crippen molar-refractivity contribution in [2.75, 3.05) is 18.7 Å². The zero-order chi connectivity index (χ0) is 20.1. The molecule has 1 aromatic heterocycles. The standard InChI is InChI=1S/C21H20N4O4/c1-2-27-16-6-4-15(5-7-16)24-21-22-10-9-17(25-21)20(26)23-12-14-3-8-18-19(11-14)29-13-28-18/h3-11H,2,12-13H2,1H3,(H,23,26)(H,22,24,25). The van der Waals surface area contributed by atoms with E-state index in [2.05, 4.69) is 20.6 Å². The van der Waals surface area contributed by atoms with E-state index in [4.69, 9.17) is 14.2 Å². The number of carbonyl (C=O) groups is 1. The van der Waals surface area contributed by atoms with Gasteiger partial charge in [-0.2, -0.15) is 0 Å². The molecule has 0 fully saturated rings. The maximum Gasteiger partial charge on any atom is 0.270 e. The largest absolute Gasteiger partial charge is 0.494 e. The lowest BCUT2D eigenvalue weighted by Crippen LogP contribution is -2.24. The van der Waals surface area contributed by atoms with Crippen LogP contribution in [-0.4, -0.2) is 29.3 Å². The van der Waals surface area contributed by atoms with E-state index < -0.39 is 0 Å². The topological polar surface area (TPSA) is 94.6 Å².